The van der Waals surface area contributed by atoms with Gasteiger partial charge in [0, 0.05) is 61.4 Å². The van der Waals surface area contributed by atoms with Crippen molar-refractivity contribution in [3.05, 3.63) is 29.3 Å². The lowest BCUT2D eigenvalue weighted by atomic mass is 10.2. The van der Waals surface area contributed by atoms with Crippen LogP contribution in [0.4, 0.5) is 5.69 Å². The van der Waals surface area contributed by atoms with Crippen molar-refractivity contribution < 1.29 is 4.79 Å². The van der Waals surface area contributed by atoms with Crippen LogP contribution in [-0.2, 0) is 4.79 Å². The molecule has 1 aliphatic rings. The van der Waals surface area contributed by atoms with E-state index >= 15 is 0 Å². The average Bonchev–Trinajstić information content (AvgIpc) is 2.60. The molecule has 0 spiro atoms. The number of nitrogens with zero attached hydrogens (tertiary/aromatic N) is 3. The highest BCUT2D eigenvalue weighted by Crippen LogP contribution is 2.23. The van der Waals surface area contributed by atoms with Crippen molar-refractivity contribution in [1.82, 2.24) is 9.80 Å². The van der Waals surface area contributed by atoms with Crippen LogP contribution >= 0.6 is 33.2 Å². The summed E-state index contributed by atoms with van der Waals surface area (Å²) in [6.45, 7) is 4.46. The zero-order chi connectivity index (χ0) is 18.1. The highest BCUT2D eigenvalue weighted by atomic mass is 35.5. The fraction of sp³-hybridized carbons (Fsp3) is 0.611. The highest BCUT2D eigenvalue weighted by molar-refractivity contribution is 8.76. The van der Waals surface area contributed by atoms with Crippen molar-refractivity contribution in [3.63, 3.8) is 0 Å². The third-order valence-corrected chi connectivity index (χ3v) is 6.84. The fourth-order valence-corrected chi connectivity index (χ4v) is 5.07. The van der Waals surface area contributed by atoms with E-state index in [1.54, 1.807) is 0 Å². The van der Waals surface area contributed by atoms with Gasteiger partial charge in [0.05, 0.1) is 0 Å². The van der Waals surface area contributed by atoms with Gasteiger partial charge in [-0.05, 0) is 38.7 Å². The maximum atomic E-state index is 12.3. The van der Waals surface area contributed by atoms with Gasteiger partial charge in [-0.25, -0.2) is 0 Å². The Morgan fingerprint density at radius 2 is 1.88 bits per heavy atom. The Hall–Kier alpha value is -0.560. The molecule has 2 rings (SSSR count). The van der Waals surface area contributed by atoms with E-state index in [2.05, 4.69) is 30.0 Å². The van der Waals surface area contributed by atoms with E-state index in [0.29, 0.717) is 12.3 Å². The van der Waals surface area contributed by atoms with Crippen molar-refractivity contribution >= 4 is 44.8 Å². The van der Waals surface area contributed by atoms with Crippen molar-refractivity contribution in [1.29, 1.82) is 0 Å². The summed E-state index contributed by atoms with van der Waals surface area (Å²) in [5.74, 6) is 2.48. The number of rotatable bonds is 9. The van der Waals surface area contributed by atoms with E-state index < -0.39 is 0 Å². The van der Waals surface area contributed by atoms with Gasteiger partial charge in [-0.1, -0.05) is 39.3 Å². The van der Waals surface area contributed by atoms with Crippen molar-refractivity contribution in [2.75, 3.05) is 63.2 Å². The topological polar surface area (TPSA) is 26.8 Å². The third-order valence-electron chi connectivity index (χ3n) is 4.13. The first-order chi connectivity index (χ1) is 12.1. The fourth-order valence-electron chi connectivity index (χ4n) is 2.66. The summed E-state index contributed by atoms with van der Waals surface area (Å²) >= 11 is 6.06. The number of anilines is 1. The second-order valence-electron chi connectivity index (χ2n) is 6.40. The van der Waals surface area contributed by atoms with Crippen LogP contribution in [-0.4, -0.2) is 74.0 Å². The minimum absolute atomic E-state index is 0.296. The van der Waals surface area contributed by atoms with Crippen LogP contribution in [0, 0.1) is 0 Å². The largest absolute Gasteiger partial charge is 0.368 e. The minimum Gasteiger partial charge on any atom is -0.368 e. The first kappa shape index (κ1) is 20.7. The minimum atomic E-state index is 0.296. The van der Waals surface area contributed by atoms with Gasteiger partial charge >= 0.3 is 0 Å². The van der Waals surface area contributed by atoms with Crippen LogP contribution in [0.25, 0.3) is 0 Å². The number of amides is 1. The summed E-state index contributed by atoms with van der Waals surface area (Å²) in [5, 5.41) is 0.761. The Balaban J connectivity index is 1.59. The van der Waals surface area contributed by atoms with Crippen LogP contribution in [0.15, 0.2) is 24.3 Å². The molecular weight excluding hydrogens is 374 g/mol. The predicted octanol–water partition coefficient (Wildman–Crippen LogP) is 3.71. The molecule has 0 saturated carbocycles. The first-order valence-electron chi connectivity index (χ1n) is 8.73. The van der Waals surface area contributed by atoms with E-state index in [1.807, 2.05) is 44.7 Å². The molecular formula is C18H28ClN3OS2. The van der Waals surface area contributed by atoms with Gasteiger partial charge in [-0.3, -0.25) is 4.79 Å². The molecule has 140 valence electrons. The van der Waals surface area contributed by atoms with Crippen molar-refractivity contribution in [2.45, 2.75) is 12.8 Å². The summed E-state index contributed by atoms with van der Waals surface area (Å²) in [7, 11) is 7.97. The number of hydrogen-bond donors (Lipinski definition) is 0. The van der Waals surface area contributed by atoms with Gasteiger partial charge in [-0.2, -0.15) is 0 Å². The second-order valence-corrected chi connectivity index (χ2v) is 9.54. The lowest BCUT2D eigenvalue weighted by molar-refractivity contribution is -0.131. The molecule has 4 nitrogen and oxygen atoms in total. The number of piperazine rings is 1. The van der Waals surface area contributed by atoms with E-state index in [0.717, 1.165) is 61.4 Å². The number of benzene rings is 1. The monoisotopic (exact) mass is 401 g/mol. The Kier molecular flexibility index (Phi) is 9.31. The molecule has 0 atom stereocenters. The Bertz CT molecular complexity index is 537. The number of carbonyl (C=O) groups excluding carboxylic acids is 1. The van der Waals surface area contributed by atoms with Gasteiger partial charge in [0.25, 0.3) is 0 Å². The maximum absolute atomic E-state index is 12.3. The summed E-state index contributed by atoms with van der Waals surface area (Å²) in [6.07, 6.45) is 1.63. The molecule has 1 aliphatic heterocycles. The molecule has 0 aromatic heterocycles. The predicted molar refractivity (Wildman–Crippen MR) is 113 cm³/mol. The Morgan fingerprint density at radius 3 is 2.56 bits per heavy atom. The van der Waals surface area contributed by atoms with Gasteiger partial charge in [-0.15, -0.1) is 0 Å². The molecule has 0 unspecified atom stereocenters. The summed E-state index contributed by atoms with van der Waals surface area (Å²) < 4.78 is 0. The Labute approximate surface area is 164 Å². The normalized spacial score (nSPS) is 15.0. The third kappa shape index (κ3) is 7.69. The van der Waals surface area contributed by atoms with Crippen LogP contribution < -0.4 is 4.90 Å². The molecule has 7 heteroatoms. The van der Waals surface area contributed by atoms with Crippen molar-refractivity contribution in [2.24, 2.45) is 0 Å². The SMILES string of the molecule is CN(C)CCSSCCCC(=O)N1CCN(c2cccc(Cl)c2)CC1. The molecule has 1 aromatic carbocycles. The lowest BCUT2D eigenvalue weighted by Gasteiger charge is -2.36. The molecule has 1 heterocycles. The zero-order valence-corrected chi connectivity index (χ0v) is 17.5. The van der Waals surface area contributed by atoms with Crippen LogP contribution in [0.3, 0.4) is 0 Å². The quantitative estimate of drug-likeness (QED) is 0.464. The van der Waals surface area contributed by atoms with E-state index in [1.165, 1.54) is 0 Å². The second kappa shape index (κ2) is 11.2. The highest BCUT2D eigenvalue weighted by Gasteiger charge is 2.20. The Morgan fingerprint density at radius 1 is 1.16 bits per heavy atom. The van der Waals surface area contributed by atoms with Gasteiger partial charge in [0.15, 0.2) is 0 Å². The molecule has 1 amide bonds. The average molecular weight is 402 g/mol. The van der Waals surface area contributed by atoms with Crippen molar-refractivity contribution in [3.8, 4) is 0 Å². The summed E-state index contributed by atoms with van der Waals surface area (Å²) in [5.41, 5.74) is 1.14. The number of carbonyl (C=O) groups is 1. The molecule has 1 fully saturated rings. The summed E-state index contributed by atoms with van der Waals surface area (Å²) in [6, 6.07) is 7.93. The maximum Gasteiger partial charge on any atom is 0.222 e. The molecule has 25 heavy (non-hydrogen) atoms. The van der Waals surface area contributed by atoms with Gasteiger partial charge < -0.3 is 14.7 Å². The molecule has 1 aromatic rings. The van der Waals surface area contributed by atoms with E-state index in [9.17, 15) is 4.79 Å². The van der Waals surface area contributed by atoms with Gasteiger partial charge in [0.2, 0.25) is 5.91 Å². The standard InChI is InChI=1S/C18H28ClN3OS2/c1-20(2)12-14-25-24-13-4-7-18(23)22-10-8-21(9-11-22)17-6-3-5-16(19)15-17/h3,5-6,15H,4,7-14H2,1-2H3. The summed E-state index contributed by atoms with van der Waals surface area (Å²) in [4.78, 5) is 18.8. The zero-order valence-electron chi connectivity index (χ0n) is 15.1. The van der Waals surface area contributed by atoms with Crippen LogP contribution in [0.1, 0.15) is 12.8 Å². The number of halogens is 1. The number of hydrogen-bond acceptors (Lipinski definition) is 5. The molecule has 0 N–H and O–H groups in total. The van der Waals surface area contributed by atoms with Crippen LogP contribution in [0.2, 0.25) is 5.02 Å². The molecule has 1 saturated heterocycles. The lowest BCUT2D eigenvalue weighted by Crippen LogP contribution is -2.48. The molecule has 0 bridgehead atoms. The molecule has 0 radical (unpaired) electrons. The van der Waals surface area contributed by atoms with Gasteiger partial charge in [0.1, 0.15) is 0 Å². The van der Waals surface area contributed by atoms with Crippen LogP contribution in [0.5, 0.6) is 0 Å². The first-order valence-corrected chi connectivity index (χ1v) is 11.6. The van der Waals surface area contributed by atoms with E-state index in [4.69, 9.17) is 11.6 Å². The molecule has 0 aliphatic carbocycles. The smallest absolute Gasteiger partial charge is 0.222 e. The van der Waals surface area contributed by atoms with E-state index in [-0.39, 0.29) is 0 Å².